The van der Waals surface area contributed by atoms with Crippen LogP contribution in [-0.4, -0.2) is 30.4 Å². The Hall–Kier alpha value is -2.51. The first-order valence-electron chi connectivity index (χ1n) is 8.67. The van der Waals surface area contributed by atoms with E-state index in [1.807, 2.05) is 0 Å². The second kappa shape index (κ2) is 9.12. The number of methoxy groups -OCH3 is 1. The molecule has 0 aliphatic heterocycles. The molecule has 1 aromatic heterocycles. The second-order valence-corrected chi connectivity index (χ2v) is 7.08. The van der Waals surface area contributed by atoms with Gasteiger partial charge in [0, 0.05) is 35.9 Å². The smallest absolute Gasteiger partial charge is 0.166 e. The first kappa shape index (κ1) is 20.2. The van der Waals surface area contributed by atoms with Crippen molar-refractivity contribution in [1.82, 2.24) is 4.98 Å². The van der Waals surface area contributed by atoms with Crippen molar-refractivity contribution in [3.63, 3.8) is 0 Å². The quantitative estimate of drug-likeness (QED) is 0.461. The van der Waals surface area contributed by atoms with Gasteiger partial charge in [-0.3, -0.25) is 0 Å². The van der Waals surface area contributed by atoms with Gasteiger partial charge in [-0.15, -0.1) is 0 Å². The van der Waals surface area contributed by atoms with E-state index >= 15 is 0 Å². The molecule has 0 spiro atoms. The second-order valence-electron chi connectivity index (χ2n) is 6.16. The lowest BCUT2D eigenvalue weighted by molar-refractivity contribution is 0.198. The molecule has 0 fully saturated rings. The minimum absolute atomic E-state index is 0.0397. The summed E-state index contributed by atoms with van der Waals surface area (Å²) in [5.41, 5.74) is 1.50. The standard InChI is InChI=1S/C21H19BrF2N2O2/c1-28-9-3-8-25-20-11-13(15-4-2-5-17(23)21(15)24)10-18(26-20)16-12-14(22)6-7-19(16)27/h2,4-7,10-12,27H,3,8-9H2,1H3,(H,25,26). The number of halogens is 3. The van der Waals surface area contributed by atoms with Crippen LogP contribution in [0.4, 0.5) is 14.6 Å². The number of benzene rings is 2. The van der Waals surface area contributed by atoms with E-state index in [1.54, 1.807) is 37.4 Å². The van der Waals surface area contributed by atoms with Crippen molar-refractivity contribution >= 4 is 21.7 Å². The van der Waals surface area contributed by atoms with Crippen LogP contribution < -0.4 is 5.32 Å². The monoisotopic (exact) mass is 448 g/mol. The van der Waals surface area contributed by atoms with Crippen LogP contribution in [0.5, 0.6) is 5.75 Å². The number of aromatic nitrogens is 1. The van der Waals surface area contributed by atoms with Gasteiger partial charge >= 0.3 is 0 Å². The first-order chi connectivity index (χ1) is 13.5. The zero-order valence-electron chi connectivity index (χ0n) is 15.2. The predicted octanol–water partition coefficient (Wildman–Crippen LogP) is 5.61. The van der Waals surface area contributed by atoms with Gasteiger partial charge in [-0.1, -0.05) is 28.1 Å². The van der Waals surface area contributed by atoms with Crippen molar-refractivity contribution in [3.05, 3.63) is 64.6 Å². The molecule has 28 heavy (non-hydrogen) atoms. The normalized spacial score (nSPS) is 10.9. The molecule has 2 N–H and O–H groups in total. The van der Waals surface area contributed by atoms with Crippen LogP contribution in [0.15, 0.2) is 53.0 Å². The summed E-state index contributed by atoms with van der Waals surface area (Å²) in [4.78, 5) is 4.53. The number of anilines is 1. The Balaban J connectivity index is 2.08. The molecule has 0 amide bonds. The summed E-state index contributed by atoms with van der Waals surface area (Å²) in [5, 5.41) is 13.4. The van der Waals surface area contributed by atoms with Gasteiger partial charge in [-0.2, -0.15) is 0 Å². The van der Waals surface area contributed by atoms with Gasteiger partial charge in [-0.25, -0.2) is 13.8 Å². The Morgan fingerprint density at radius 2 is 1.93 bits per heavy atom. The third-order valence-electron chi connectivity index (χ3n) is 4.15. The Morgan fingerprint density at radius 3 is 2.71 bits per heavy atom. The average Bonchev–Trinajstić information content (AvgIpc) is 2.69. The van der Waals surface area contributed by atoms with Crippen LogP contribution in [0, 0.1) is 11.6 Å². The van der Waals surface area contributed by atoms with Crippen LogP contribution in [0.1, 0.15) is 6.42 Å². The number of phenolic OH excluding ortho intramolecular Hbond substituents is 1. The number of phenols is 1. The van der Waals surface area contributed by atoms with E-state index in [-0.39, 0.29) is 11.3 Å². The minimum atomic E-state index is -0.927. The number of nitrogens with one attached hydrogen (secondary N) is 1. The van der Waals surface area contributed by atoms with E-state index in [9.17, 15) is 13.9 Å². The van der Waals surface area contributed by atoms with Gasteiger partial charge in [-0.05, 0) is 48.4 Å². The van der Waals surface area contributed by atoms with Crippen molar-refractivity contribution in [3.8, 4) is 28.1 Å². The summed E-state index contributed by atoms with van der Waals surface area (Å²) >= 11 is 3.38. The molecular formula is C21H19BrF2N2O2. The average molecular weight is 449 g/mol. The van der Waals surface area contributed by atoms with Crippen molar-refractivity contribution in [2.75, 3.05) is 25.6 Å². The largest absolute Gasteiger partial charge is 0.507 e. The maximum atomic E-state index is 14.4. The summed E-state index contributed by atoms with van der Waals surface area (Å²) in [5.74, 6) is -1.32. The molecule has 0 saturated heterocycles. The van der Waals surface area contributed by atoms with E-state index in [1.165, 1.54) is 12.1 Å². The highest BCUT2D eigenvalue weighted by Crippen LogP contribution is 2.35. The third kappa shape index (κ3) is 4.66. The topological polar surface area (TPSA) is 54.4 Å². The minimum Gasteiger partial charge on any atom is -0.507 e. The molecule has 0 saturated carbocycles. The lowest BCUT2D eigenvalue weighted by Crippen LogP contribution is -2.07. The van der Waals surface area contributed by atoms with Gasteiger partial charge in [0.25, 0.3) is 0 Å². The lowest BCUT2D eigenvalue weighted by atomic mass is 10.0. The van der Waals surface area contributed by atoms with Crippen LogP contribution in [0.2, 0.25) is 0 Å². The fourth-order valence-electron chi connectivity index (χ4n) is 2.79. The molecule has 0 aliphatic rings. The number of nitrogens with zero attached hydrogens (tertiary/aromatic N) is 1. The molecule has 0 radical (unpaired) electrons. The highest BCUT2D eigenvalue weighted by molar-refractivity contribution is 9.10. The number of hydrogen-bond donors (Lipinski definition) is 2. The van der Waals surface area contributed by atoms with E-state index < -0.39 is 11.6 Å². The van der Waals surface area contributed by atoms with E-state index in [4.69, 9.17) is 4.74 Å². The molecule has 0 bridgehead atoms. The molecule has 1 heterocycles. The molecular weight excluding hydrogens is 430 g/mol. The molecule has 7 heteroatoms. The molecule has 0 unspecified atom stereocenters. The van der Waals surface area contributed by atoms with Crippen molar-refractivity contribution in [1.29, 1.82) is 0 Å². The fraction of sp³-hybridized carbons (Fsp3) is 0.190. The molecule has 3 aromatic rings. The number of hydrogen-bond acceptors (Lipinski definition) is 4. The Morgan fingerprint density at radius 1 is 1.11 bits per heavy atom. The predicted molar refractivity (Wildman–Crippen MR) is 109 cm³/mol. The summed E-state index contributed by atoms with van der Waals surface area (Å²) < 4.78 is 33.9. The molecule has 2 aromatic carbocycles. The van der Waals surface area contributed by atoms with Gasteiger partial charge in [0.05, 0.1) is 5.69 Å². The van der Waals surface area contributed by atoms with Crippen LogP contribution in [-0.2, 0) is 4.74 Å². The summed E-state index contributed by atoms with van der Waals surface area (Å²) in [6, 6.07) is 12.3. The summed E-state index contributed by atoms with van der Waals surface area (Å²) in [7, 11) is 1.62. The highest BCUT2D eigenvalue weighted by Gasteiger charge is 2.15. The van der Waals surface area contributed by atoms with Gasteiger partial charge < -0.3 is 15.2 Å². The van der Waals surface area contributed by atoms with Crippen molar-refractivity contribution < 1.29 is 18.6 Å². The number of aromatic hydroxyl groups is 1. The molecule has 3 rings (SSSR count). The molecule has 0 atom stereocenters. The van der Waals surface area contributed by atoms with E-state index in [2.05, 4.69) is 26.2 Å². The Bertz CT molecular complexity index is 962. The summed E-state index contributed by atoms with van der Waals surface area (Å²) in [6.45, 7) is 1.18. The zero-order chi connectivity index (χ0) is 20.1. The van der Waals surface area contributed by atoms with Crippen LogP contribution in [0.25, 0.3) is 22.4 Å². The fourth-order valence-corrected chi connectivity index (χ4v) is 3.15. The summed E-state index contributed by atoms with van der Waals surface area (Å²) in [6.07, 6.45) is 0.758. The van der Waals surface area contributed by atoms with Crippen molar-refractivity contribution in [2.24, 2.45) is 0 Å². The van der Waals surface area contributed by atoms with Gasteiger partial charge in [0.1, 0.15) is 11.6 Å². The number of pyridine rings is 1. The van der Waals surface area contributed by atoms with Gasteiger partial charge in [0.2, 0.25) is 0 Å². The van der Waals surface area contributed by atoms with Crippen LogP contribution >= 0.6 is 15.9 Å². The lowest BCUT2D eigenvalue weighted by Gasteiger charge is -2.13. The maximum Gasteiger partial charge on any atom is 0.166 e. The number of rotatable bonds is 7. The van der Waals surface area contributed by atoms with Crippen LogP contribution in [0.3, 0.4) is 0 Å². The van der Waals surface area contributed by atoms with E-state index in [0.717, 1.165) is 17.0 Å². The first-order valence-corrected chi connectivity index (χ1v) is 9.47. The van der Waals surface area contributed by atoms with E-state index in [0.29, 0.717) is 35.8 Å². The maximum absolute atomic E-state index is 14.4. The highest BCUT2D eigenvalue weighted by atomic mass is 79.9. The third-order valence-corrected chi connectivity index (χ3v) is 4.65. The number of ether oxygens (including phenoxy) is 1. The zero-order valence-corrected chi connectivity index (χ0v) is 16.8. The molecule has 0 aliphatic carbocycles. The molecule has 146 valence electrons. The Labute approximate surface area is 170 Å². The molecule has 4 nitrogen and oxygen atoms in total. The van der Waals surface area contributed by atoms with Gasteiger partial charge in [0.15, 0.2) is 11.6 Å². The Kier molecular flexibility index (Phi) is 6.59. The van der Waals surface area contributed by atoms with Crippen molar-refractivity contribution in [2.45, 2.75) is 6.42 Å². The SMILES string of the molecule is COCCCNc1cc(-c2cccc(F)c2F)cc(-c2cc(Br)ccc2O)n1.